The number of hydrogen-bond donors (Lipinski definition) is 0. The first-order valence-corrected chi connectivity index (χ1v) is 14.7. The smallest absolute Gasteiger partial charge is 0.425 e. The second kappa shape index (κ2) is 11.9. The molecule has 2 atom stereocenters. The van der Waals surface area contributed by atoms with Crippen molar-refractivity contribution in [3.63, 3.8) is 0 Å². The number of aromatic nitrogens is 3. The van der Waals surface area contributed by atoms with Crippen molar-refractivity contribution in [1.82, 2.24) is 24.3 Å². The maximum Gasteiger partial charge on any atom is 0.425 e. The van der Waals surface area contributed by atoms with Gasteiger partial charge in [-0.1, -0.05) is 0 Å². The second-order valence-electron chi connectivity index (χ2n) is 13.5. The Labute approximate surface area is 255 Å². The van der Waals surface area contributed by atoms with Gasteiger partial charge in [-0.15, -0.1) is 0 Å². The number of imide groups is 1. The molecule has 12 nitrogen and oxygen atoms in total. The third kappa shape index (κ3) is 8.43. The second-order valence-corrected chi connectivity index (χ2v) is 14.7. The molecule has 13 heteroatoms. The van der Waals surface area contributed by atoms with E-state index in [9.17, 15) is 14.4 Å². The van der Waals surface area contributed by atoms with Gasteiger partial charge in [0.25, 0.3) is 0 Å². The van der Waals surface area contributed by atoms with E-state index in [1.807, 2.05) is 50.5 Å². The van der Waals surface area contributed by atoms with Gasteiger partial charge in [-0.2, -0.15) is 4.90 Å². The molecule has 3 amide bonds. The number of likely N-dealkylation sites (N-methyl/N-ethyl adjacent to an activating group) is 1. The van der Waals surface area contributed by atoms with Crippen LogP contribution in [0, 0.1) is 3.57 Å². The number of carbonyl (C=O) groups is 3. The van der Waals surface area contributed by atoms with Crippen LogP contribution < -0.4 is 4.90 Å². The van der Waals surface area contributed by atoms with E-state index in [4.69, 9.17) is 14.2 Å². The molecule has 1 saturated heterocycles. The molecule has 3 heterocycles. The van der Waals surface area contributed by atoms with Crippen LogP contribution in [0.25, 0.3) is 11.0 Å². The normalized spacial score (nSPS) is 18.1. The highest BCUT2D eigenvalue weighted by atomic mass is 127. The van der Waals surface area contributed by atoms with E-state index in [1.165, 1.54) is 6.33 Å². The molecule has 2 aromatic rings. The minimum Gasteiger partial charge on any atom is -0.444 e. The standard InChI is InChI=1S/C28H43IN6O6/c1-26(2,3)39-23(36)34-14-18(12-17(34)13-32(10)11)33-15-19(29)20-21(33)30-16-31-22(20)35(24(37)40-27(4,5)6)25(38)41-28(7,8)9/h15-18H,12-14H2,1-11H3. The van der Waals surface area contributed by atoms with E-state index >= 15 is 0 Å². The molecule has 0 aliphatic carbocycles. The summed E-state index contributed by atoms with van der Waals surface area (Å²) in [6.45, 7) is 16.9. The van der Waals surface area contributed by atoms with Crippen LogP contribution in [0.5, 0.6) is 0 Å². The lowest BCUT2D eigenvalue weighted by Crippen LogP contribution is -2.44. The summed E-state index contributed by atoms with van der Waals surface area (Å²) in [6, 6.07) is -0.209. The Kier molecular flexibility index (Phi) is 9.53. The number of anilines is 1. The Balaban J connectivity index is 2.08. The molecule has 2 unspecified atom stereocenters. The first-order chi connectivity index (χ1) is 18.7. The zero-order valence-electron chi connectivity index (χ0n) is 25.9. The topological polar surface area (TPSA) is 119 Å². The van der Waals surface area contributed by atoms with Crippen LogP contribution in [0.15, 0.2) is 12.5 Å². The zero-order valence-corrected chi connectivity index (χ0v) is 28.1. The number of hydrogen-bond acceptors (Lipinski definition) is 9. The van der Waals surface area contributed by atoms with Crippen molar-refractivity contribution < 1.29 is 28.6 Å². The third-order valence-electron chi connectivity index (χ3n) is 5.90. The van der Waals surface area contributed by atoms with Crippen molar-refractivity contribution in [1.29, 1.82) is 0 Å². The summed E-state index contributed by atoms with van der Waals surface area (Å²) in [7, 11) is 3.94. The van der Waals surface area contributed by atoms with Gasteiger partial charge in [-0.25, -0.2) is 24.4 Å². The Morgan fingerprint density at radius 3 is 1.95 bits per heavy atom. The van der Waals surface area contributed by atoms with E-state index in [1.54, 1.807) is 46.4 Å². The summed E-state index contributed by atoms with van der Waals surface area (Å²) in [5.74, 6) is 0.0634. The van der Waals surface area contributed by atoms with E-state index in [0.717, 1.165) is 8.47 Å². The Hall–Kier alpha value is -2.68. The minimum absolute atomic E-state index is 0.0634. The summed E-state index contributed by atoms with van der Waals surface area (Å²) in [5, 5.41) is 0.504. The molecule has 0 N–H and O–H groups in total. The number of nitrogens with zero attached hydrogens (tertiary/aromatic N) is 6. The van der Waals surface area contributed by atoms with Gasteiger partial charge in [0, 0.05) is 28.9 Å². The molecule has 1 fully saturated rings. The lowest BCUT2D eigenvalue weighted by Gasteiger charge is -2.29. The maximum atomic E-state index is 13.4. The average molecular weight is 687 g/mol. The first-order valence-electron chi connectivity index (χ1n) is 13.6. The van der Waals surface area contributed by atoms with E-state index in [0.29, 0.717) is 30.5 Å². The van der Waals surface area contributed by atoms with Gasteiger partial charge in [0.15, 0.2) is 5.82 Å². The summed E-state index contributed by atoms with van der Waals surface area (Å²) in [5.41, 5.74) is -1.82. The van der Waals surface area contributed by atoms with Gasteiger partial charge in [0.05, 0.1) is 11.4 Å². The van der Waals surface area contributed by atoms with Crippen LogP contribution in [-0.4, -0.2) is 92.6 Å². The van der Waals surface area contributed by atoms with Crippen molar-refractivity contribution in [3.8, 4) is 0 Å². The molecular weight excluding hydrogens is 643 g/mol. The molecule has 228 valence electrons. The molecule has 1 aliphatic rings. The van der Waals surface area contributed by atoms with Gasteiger partial charge in [-0.05, 0) is 105 Å². The number of halogens is 1. The molecule has 41 heavy (non-hydrogen) atoms. The van der Waals surface area contributed by atoms with Gasteiger partial charge in [0.2, 0.25) is 0 Å². The van der Waals surface area contributed by atoms with Crippen LogP contribution in [0.4, 0.5) is 20.2 Å². The molecule has 0 bridgehead atoms. The van der Waals surface area contributed by atoms with E-state index in [-0.39, 0.29) is 24.0 Å². The monoisotopic (exact) mass is 686 g/mol. The van der Waals surface area contributed by atoms with Crippen LogP contribution in [0.2, 0.25) is 0 Å². The molecular formula is C28H43IN6O6. The number of rotatable bonds is 4. The quantitative estimate of drug-likeness (QED) is 0.289. The Morgan fingerprint density at radius 2 is 1.46 bits per heavy atom. The van der Waals surface area contributed by atoms with Crippen LogP contribution in [0.3, 0.4) is 0 Å². The van der Waals surface area contributed by atoms with E-state index in [2.05, 4.69) is 32.6 Å². The fourth-order valence-electron chi connectivity index (χ4n) is 4.57. The summed E-state index contributed by atoms with van der Waals surface area (Å²) in [6.07, 6.45) is 1.70. The molecule has 0 saturated carbocycles. The van der Waals surface area contributed by atoms with Crippen LogP contribution in [-0.2, 0) is 14.2 Å². The number of carbonyl (C=O) groups excluding carboxylic acids is 3. The molecule has 1 aliphatic heterocycles. The Bertz CT molecular complexity index is 1260. The van der Waals surface area contributed by atoms with Crippen LogP contribution in [0.1, 0.15) is 74.8 Å². The first kappa shape index (κ1) is 32.8. The molecule has 2 aromatic heterocycles. The lowest BCUT2D eigenvalue weighted by atomic mass is 10.1. The largest absolute Gasteiger partial charge is 0.444 e. The van der Waals surface area contributed by atoms with Crippen molar-refractivity contribution in [2.75, 3.05) is 32.1 Å². The highest BCUT2D eigenvalue weighted by Gasteiger charge is 2.40. The van der Waals surface area contributed by atoms with Gasteiger partial charge >= 0.3 is 18.3 Å². The third-order valence-corrected chi connectivity index (χ3v) is 6.71. The molecule has 0 spiro atoms. The Morgan fingerprint density at radius 1 is 0.927 bits per heavy atom. The lowest BCUT2D eigenvalue weighted by molar-refractivity contribution is 0.0203. The molecule has 0 aromatic carbocycles. The molecule has 3 rings (SSSR count). The highest BCUT2D eigenvalue weighted by molar-refractivity contribution is 14.1. The molecule has 0 radical (unpaired) electrons. The fourth-order valence-corrected chi connectivity index (χ4v) is 5.35. The predicted molar refractivity (Wildman–Crippen MR) is 164 cm³/mol. The predicted octanol–water partition coefficient (Wildman–Crippen LogP) is 5.82. The van der Waals surface area contributed by atoms with Gasteiger partial charge in [0.1, 0.15) is 28.8 Å². The van der Waals surface area contributed by atoms with Gasteiger partial charge in [-0.3, -0.25) is 0 Å². The van der Waals surface area contributed by atoms with Crippen molar-refractivity contribution in [2.45, 2.75) is 97.6 Å². The maximum absolute atomic E-state index is 13.4. The zero-order chi connectivity index (χ0) is 31.1. The fraction of sp³-hybridized carbons (Fsp3) is 0.679. The van der Waals surface area contributed by atoms with Crippen LogP contribution >= 0.6 is 22.6 Å². The highest BCUT2D eigenvalue weighted by Crippen LogP contribution is 2.37. The van der Waals surface area contributed by atoms with Crippen molar-refractivity contribution >= 4 is 57.7 Å². The number of amides is 3. The average Bonchev–Trinajstić information content (AvgIpc) is 3.31. The van der Waals surface area contributed by atoms with Crippen molar-refractivity contribution in [2.24, 2.45) is 0 Å². The summed E-state index contributed by atoms with van der Waals surface area (Å²) < 4.78 is 19.6. The minimum atomic E-state index is -0.904. The van der Waals surface area contributed by atoms with Crippen molar-refractivity contribution in [3.05, 3.63) is 16.1 Å². The summed E-state index contributed by atoms with van der Waals surface area (Å²) in [4.78, 5) is 53.4. The summed E-state index contributed by atoms with van der Waals surface area (Å²) >= 11 is 2.14. The van der Waals surface area contributed by atoms with E-state index < -0.39 is 29.0 Å². The van der Waals surface area contributed by atoms with Gasteiger partial charge < -0.3 is 28.6 Å². The number of fused-ring (bicyclic) bond motifs is 1. The SMILES string of the molecule is CN(C)CC1CC(n2cc(I)c3c(N(C(=O)OC(C)(C)C)C(=O)OC(C)(C)C)ncnc32)CN1C(=O)OC(C)(C)C. The number of likely N-dealkylation sites (tertiary alicyclic amines) is 1. The number of ether oxygens (including phenoxy) is 3.